The fourth-order valence-electron chi connectivity index (χ4n) is 2.51. The van der Waals surface area contributed by atoms with Crippen molar-refractivity contribution >= 4 is 21.6 Å². The summed E-state index contributed by atoms with van der Waals surface area (Å²) in [6.07, 6.45) is 1.07. The Kier molecular flexibility index (Phi) is 3.59. The molecule has 0 saturated carbocycles. The maximum absolute atomic E-state index is 4.72. The highest BCUT2D eigenvalue weighted by Gasteiger charge is 2.18. The highest BCUT2D eigenvalue weighted by Crippen LogP contribution is 2.23. The van der Waals surface area contributed by atoms with Gasteiger partial charge in [-0.1, -0.05) is 12.1 Å². The molecule has 3 nitrogen and oxygen atoms in total. The second kappa shape index (κ2) is 5.34. The van der Waals surface area contributed by atoms with E-state index in [0.717, 1.165) is 38.1 Å². The first-order valence-corrected chi connectivity index (χ1v) is 7.44. The van der Waals surface area contributed by atoms with E-state index >= 15 is 0 Å². The van der Waals surface area contributed by atoms with Crippen molar-refractivity contribution in [2.75, 3.05) is 26.2 Å². The molecule has 1 aromatic carbocycles. The van der Waals surface area contributed by atoms with E-state index in [1.807, 2.05) is 11.3 Å². The number of aromatic nitrogens is 1. The van der Waals surface area contributed by atoms with Crippen LogP contribution in [0.15, 0.2) is 24.3 Å². The first kappa shape index (κ1) is 12.1. The van der Waals surface area contributed by atoms with Gasteiger partial charge < -0.3 is 5.32 Å². The molecule has 0 amide bonds. The lowest BCUT2D eigenvalue weighted by atomic mass is 10.2. The summed E-state index contributed by atoms with van der Waals surface area (Å²) in [5.41, 5.74) is 1.14. The molecule has 1 N–H and O–H groups in total. The lowest BCUT2D eigenvalue weighted by Crippen LogP contribution is -2.48. The first-order valence-electron chi connectivity index (χ1n) is 6.62. The van der Waals surface area contributed by atoms with Gasteiger partial charge in [0.2, 0.25) is 0 Å². The van der Waals surface area contributed by atoms with E-state index in [9.17, 15) is 0 Å². The molecule has 0 spiro atoms. The molecule has 96 valence electrons. The van der Waals surface area contributed by atoms with Crippen molar-refractivity contribution in [2.45, 2.75) is 19.4 Å². The Morgan fingerprint density at radius 1 is 1.33 bits per heavy atom. The topological polar surface area (TPSA) is 28.2 Å². The molecule has 1 fully saturated rings. The summed E-state index contributed by atoms with van der Waals surface area (Å²) in [5, 5.41) is 4.67. The average molecular weight is 261 g/mol. The van der Waals surface area contributed by atoms with Gasteiger partial charge in [-0.3, -0.25) is 4.90 Å². The average Bonchev–Trinajstić information content (AvgIpc) is 2.82. The minimum Gasteiger partial charge on any atom is -0.314 e. The first-order chi connectivity index (χ1) is 8.83. The van der Waals surface area contributed by atoms with Gasteiger partial charge in [0, 0.05) is 38.6 Å². The number of hydrogen-bond donors (Lipinski definition) is 1. The third-order valence-electron chi connectivity index (χ3n) is 3.58. The Labute approximate surface area is 112 Å². The van der Waals surface area contributed by atoms with Gasteiger partial charge in [-0.15, -0.1) is 11.3 Å². The maximum Gasteiger partial charge on any atom is 0.0954 e. The van der Waals surface area contributed by atoms with Gasteiger partial charge >= 0.3 is 0 Å². The zero-order chi connectivity index (χ0) is 12.4. The van der Waals surface area contributed by atoms with Crippen molar-refractivity contribution in [1.82, 2.24) is 15.2 Å². The molecule has 18 heavy (non-hydrogen) atoms. The van der Waals surface area contributed by atoms with E-state index in [2.05, 4.69) is 41.4 Å². The summed E-state index contributed by atoms with van der Waals surface area (Å²) in [7, 11) is 0. The second-order valence-electron chi connectivity index (χ2n) is 4.91. The van der Waals surface area contributed by atoms with Crippen LogP contribution in [0.25, 0.3) is 10.2 Å². The largest absolute Gasteiger partial charge is 0.314 e. The van der Waals surface area contributed by atoms with Crippen molar-refractivity contribution in [3.05, 3.63) is 29.3 Å². The molecule has 1 aliphatic heterocycles. The number of thiazole rings is 1. The van der Waals surface area contributed by atoms with Crippen LogP contribution in [0, 0.1) is 0 Å². The van der Waals surface area contributed by atoms with Crippen LogP contribution >= 0.6 is 11.3 Å². The van der Waals surface area contributed by atoms with Crippen LogP contribution in [0.1, 0.15) is 11.9 Å². The van der Waals surface area contributed by atoms with E-state index in [0.29, 0.717) is 6.04 Å². The van der Waals surface area contributed by atoms with Crippen LogP contribution < -0.4 is 5.32 Å². The van der Waals surface area contributed by atoms with Crippen molar-refractivity contribution < 1.29 is 0 Å². The van der Waals surface area contributed by atoms with Gasteiger partial charge in [-0.25, -0.2) is 4.98 Å². The zero-order valence-electron chi connectivity index (χ0n) is 10.7. The minimum atomic E-state index is 0.590. The standard InChI is InChI=1S/C14H19N3S/c1-11(17-8-6-15-7-9-17)10-14-16-12-4-2-3-5-13(12)18-14/h2-5,11,15H,6-10H2,1H3. The van der Waals surface area contributed by atoms with Crippen LogP contribution in [0.2, 0.25) is 0 Å². The SMILES string of the molecule is CC(Cc1nc2ccccc2s1)N1CCNCC1. The Bertz CT molecular complexity index is 483. The predicted molar refractivity (Wildman–Crippen MR) is 77.2 cm³/mol. The van der Waals surface area contributed by atoms with E-state index < -0.39 is 0 Å². The Balaban J connectivity index is 1.71. The van der Waals surface area contributed by atoms with Crippen LogP contribution in [-0.2, 0) is 6.42 Å². The Hall–Kier alpha value is -0.970. The number of benzene rings is 1. The number of hydrogen-bond acceptors (Lipinski definition) is 4. The van der Waals surface area contributed by atoms with Crippen molar-refractivity contribution in [1.29, 1.82) is 0 Å². The fourth-order valence-corrected chi connectivity index (χ4v) is 3.60. The normalized spacial score (nSPS) is 19.2. The third kappa shape index (κ3) is 2.55. The van der Waals surface area contributed by atoms with E-state index in [1.165, 1.54) is 9.71 Å². The molecule has 1 unspecified atom stereocenters. The molecule has 1 aliphatic rings. The summed E-state index contributed by atoms with van der Waals surface area (Å²) in [6.45, 7) is 6.86. The summed E-state index contributed by atoms with van der Waals surface area (Å²) in [5.74, 6) is 0. The Morgan fingerprint density at radius 3 is 2.89 bits per heavy atom. The van der Waals surface area contributed by atoms with Gasteiger partial charge in [-0.05, 0) is 19.1 Å². The molecule has 1 saturated heterocycles. The number of piperazine rings is 1. The van der Waals surface area contributed by atoms with E-state index in [4.69, 9.17) is 4.98 Å². The van der Waals surface area contributed by atoms with E-state index in [1.54, 1.807) is 0 Å². The number of rotatable bonds is 3. The lowest BCUT2D eigenvalue weighted by molar-refractivity contribution is 0.183. The summed E-state index contributed by atoms with van der Waals surface area (Å²) in [6, 6.07) is 9.00. The molecule has 2 heterocycles. The monoisotopic (exact) mass is 261 g/mol. The highest BCUT2D eigenvalue weighted by atomic mass is 32.1. The molecule has 4 heteroatoms. The lowest BCUT2D eigenvalue weighted by Gasteiger charge is -2.32. The van der Waals surface area contributed by atoms with Crippen LogP contribution in [0.5, 0.6) is 0 Å². The molecule has 0 aliphatic carbocycles. The summed E-state index contributed by atoms with van der Waals surface area (Å²) < 4.78 is 1.31. The van der Waals surface area contributed by atoms with Gasteiger partial charge in [0.15, 0.2) is 0 Å². The number of nitrogens with zero attached hydrogens (tertiary/aromatic N) is 2. The fraction of sp³-hybridized carbons (Fsp3) is 0.500. The number of para-hydroxylation sites is 1. The van der Waals surface area contributed by atoms with Gasteiger partial charge in [0.25, 0.3) is 0 Å². The maximum atomic E-state index is 4.72. The predicted octanol–water partition coefficient (Wildman–Crippen LogP) is 2.13. The second-order valence-corrected chi connectivity index (χ2v) is 6.03. The molecule has 1 atom stereocenters. The van der Waals surface area contributed by atoms with Crippen molar-refractivity contribution in [2.24, 2.45) is 0 Å². The van der Waals surface area contributed by atoms with Crippen LogP contribution in [0.4, 0.5) is 0 Å². The van der Waals surface area contributed by atoms with Crippen LogP contribution in [0.3, 0.4) is 0 Å². The molecule has 2 aromatic rings. The smallest absolute Gasteiger partial charge is 0.0954 e. The summed E-state index contributed by atoms with van der Waals surface area (Å²) >= 11 is 1.84. The number of nitrogens with one attached hydrogen (secondary N) is 1. The van der Waals surface area contributed by atoms with Crippen molar-refractivity contribution in [3.63, 3.8) is 0 Å². The third-order valence-corrected chi connectivity index (χ3v) is 4.64. The molecule has 0 bridgehead atoms. The highest BCUT2D eigenvalue weighted by molar-refractivity contribution is 7.18. The van der Waals surface area contributed by atoms with Crippen molar-refractivity contribution in [3.8, 4) is 0 Å². The molecule has 0 radical (unpaired) electrons. The van der Waals surface area contributed by atoms with E-state index in [-0.39, 0.29) is 0 Å². The zero-order valence-corrected chi connectivity index (χ0v) is 11.5. The number of fused-ring (bicyclic) bond motifs is 1. The van der Waals surface area contributed by atoms with Gasteiger partial charge in [0.05, 0.1) is 15.2 Å². The molecular weight excluding hydrogens is 242 g/mol. The summed E-state index contributed by atoms with van der Waals surface area (Å²) in [4.78, 5) is 7.28. The minimum absolute atomic E-state index is 0.590. The quantitative estimate of drug-likeness (QED) is 0.917. The van der Waals surface area contributed by atoms with Gasteiger partial charge in [0.1, 0.15) is 0 Å². The Morgan fingerprint density at radius 2 is 2.11 bits per heavy atom. The molecular formula is C14H19N3S. The molecule has 1 aromatic heterocycles. The van der Waals surface area contributed by atoms with Gasteiger partial charge in [-0.2, -0.15) is 0 Å². The molecule has 3 rings (SSSR count). The van der Waals surface area contributed by atoms with Crippen LogP contribution in [-0.4, -0.2) is 42.1 Å².